The van der Waals surface area contributed by atoms with E-state index in [0.717, 1.165) is 22.9 Å². The highest BCUT2D eigenvalue weighted by molar-refractivity contribution is 9.10. The average Bonchev–Trinajstić information content (AvgIpc) is 2.58. The number of benzene rings is 2. The molecule has 1 atom stereocenters. The Kier molecular flexibility index (Phi) is 5.23. The molecule has 25 heavy (non-hydrogen) atoms. The molecule has 1 amide bonds. The number of hydrogen-bond acceptors (Lipinski definition) is 3. The van der Waals surface area contributed by atoms with E-state index in [4.69, 9.17) is 5.73 Å². The Morgan fingerprint density at radius 3 is 2.56 bits per heavy atom. The van der Waals surface area contributed by atoms with Crippen molar-refractivity contribution in [1.29, 1.82) is 0 Å². The van der Waals surface area contributed by atoms with Gasteiger partial charge in [-0.2, -0.15) is 0 Å². The Morgan fingerprint density at radius 2 is 1.88 bits per heavy atom. The Balaban J connectivity index is 1.70. The molecule has 1 aliphatic heterocycles. The fraction of sp³-hybridized carbons (Fsp3) is 0.300. The SMILES string of the molecule is CC1(CCc2cccc(Br)c2)CC(=O)N(Cc2ccccc2)C(N)=N1. The maximum atomic E-state index is 12.6. The molecule has 0 bridgehead atoms. The number of aryl methyl sites for hydroxylation is 1. The monoisotopic (exact) mass is 399 g/mol. The number of nitrogens with two attached hydrogens (primary N) is 1. The fourth-order valence-electron chi connectivity index (χ4n) is 3.11. The number of hydrogen-bond donors (Lipinski definition) is 1. The van der Waals surface area contributed by atoms with Crippen LogP contribution in [0.4, 0.5) is 0 Å². The van der Waals surface area contributed by atoms with Crippen molar-refractivity contribution in [2.24, 2.45) is 10.7 Å². The van der Waals surface area contributed by atoms with Gasteiger partial charge in [-0.25, -0.2) is 4.99 Å². The summed E-state index contributed by atoms with van der Waals surface area (Å²) in [5, 5.41) is 0. The van der Waals surface area contributed by atoms with Gasteiger partial charge < -0.3 is 5.73 Å². The second-order valence-electron chi connectivity index (χ2n) is 6.74. The van der Waals surface area contributed by atoms with E-state index in [2.05, 4.69) is 33.1 Å². The van der Waals surface area contributed by atoms with E-state index in [1.165, 1.54) is 5.56 Å². The summed E-state index contributed by atoms with van der Waals surface area (Å²) in [6, 6.07) is 18.1. The maximum absolute atomic E-state index is 12.6. The lowest BCUT2D eigenvalue weighted by atomic mass is 9.89. The van der Waals surface area contributed by atoms with Crippen LogP contribution in [0.1, 0.15) is 30.9 Å². The largest absolute Gasteiger partial charge is 0.369 e. The first-order valence-corrected chi connectivity index (χ1v) is 9.19. The summed E-state index contributed by atoms with van der Waals surface area (Å²) in [5.74, 6) is 0.352. The highest BCUT2D eigenvalue weighted by Crippen LogP contribution is 2.28. The minimum Gasteiger partial charge on any atom is -0.369 e. The molecule has 0 saturated carbocycles. The first-order valence-electron chi connectivity index (χ1n) is 8.39. The van der Waals surface area contributed by atoms with Gasteiger partial charge in [-0.1, -0.05) is 58.4 Å². The summed E-state index contributed by atoms with van der Waals surface area (Å²) in [6.07, 6.45) is 2.03. The molecule has 130 valence electrons. The van der Waals surface area contributed by atoms with Gasteiger partial charge in [-0.05, 0) is 43.0 Å². The highest BCUT2D eigenvalue weighted by atomic mass is 79.9. The molecule has 2 aromatic rings. The van der Waals surface area contributed by atoms with Gasteiger partial charge in [0.05, 0.1) is 18.5 Å². The van der Waals surface area contributed by atoms with Gasteiger partial charge in [0.2, 0.25) is 5.91 Å². The standard InChI is InChI=1S/C20H22BrN3O/c1-20(11-10-15-8-5-9-17(21)12-15)13-18(25)24(19(22)23-20)14-16-6-3-2-4-7-16/h2-9,12H,10-11,13-14H2,1H3,(H2,22,23). The van der Waals surface area contributed by atoms with Crippen molar-refractivity contribution in [3.8, 4) is 0 Å². The van der Waals surface area contributed by atoms with Gasteiger partial charge in [0.15, 0.2) is 5.96 Å². The molecule has 3 rings (SSSR count). The Morgan fingerprint density at radius 1 is 1.16 bits per heavy atom. The number of amides is 1. The second kappa shape index (κ2) is 7.40. The predicted molar refractivity (Wildman–Crippen MR) is 104 cm³/mol. The van der Waals surface area contributed by atoms with Crippen molar-refractivity contribution >= 4 is 27.8 Å². The number of carbonyl (C=O) groups is 1. The molecule has 5 heteroatoms. The lowest BCUT2D eigenvalue weighted by molar-refractivity contribution is -0.129. The van der Waals surface area contributed by atoms with Gasteiger partial charge in [0.25, 0.3) is 0 Å². The normalized spacial score (nSPS) is 20.5. The van der Waals surface area contributed by atoms with Crippen LogP contribution < -0.4 is 5.73 Å². The molecule has 1 aliphatic rings. The van der Waals surface area contributed by atoms with Crippen LogP contribution in [0.3, 0.4) is 0 Å². The number of aliphatic imine (C=N–C) groups is 1. The van der Waals surface area contributed by atoms with Crippen molar-refractivity contribution in [2.45, 2.75) is 38.3 Å². The van der Waals surface area contributed by atoms with E-state index >= 15 is 0 Å². The van der Waals surface area contributed by atoms with Crippen LogP contribution in [0.2, 0.25) is 0 Å². The van der Waals surface area contributed by atoms with E-state index in [9.17, 15) is 4.79 Å². The number of carbonyl (C=O) groups excluding carboxylic acids is 1. The molecule has 0 aromatic heterocycles. The Hall–Kier alpha value is -2.14. The zero-order valence-corrected chi connectivity index (χ0v) is 15.9. The summed E-state index contributed by atoms with van der Waals surface area (Å²) in [4.78, 5) is 18.9. The summed E-state index contributed by atoms with van der Waals surface area (Å²) in [5.41, 5.74) is 7.96. The average molecular weight is 400 g/mol. The highest BCUT2D eigenvalue weighted by Gasteiger charge is 2.35. The van der Waals surface area contributed by atoms with Crippen LogP contribution >= 0.6 is 15.9 Å². The van der Waals surface area contributed by atoms with E-state index in [1.54, 1.807) is 4.90 Å². The van der Waals surface area contributed by atoms with Gasteiger partial charge in [0.1, 0.15) is 0 Å². The molecular weight excluding hydrogens is 378 g/mol. The number of nitrogens with zero attached hydrogens (tertiary/aromatic N) is 2. The molecule has 0 spiro atoms. The molecule has 1 unspecified atom stereocenters. The number of halogens is 1. The van der Waals surface area contributed by atoms with Crippen LogP contribution in [0.15, 0.2) is 64.1 Å². The number of guanidine groups is 1. The lowest BCUT2D eigenvalue weighted by Gasteiger charge is -2.35. The van der Waals surface area contributed by atoms with Gasteiger partial charge in [-0.3, -0.25) is 9.69 Å². The molecule has 4 nitrogen and oxygen atoms in total. The third-order valence-corrected chi connectivity index (χ3v) is 5.01. The van der Waals surface area contributed by atoms with Gasteiger partial charge in [-0.15, -0.1) is 0 Å². The molecule has 0 radical (unpaired) electrons. The van der Waals surface area contributed by atoms with Crippen LogP contribution in [0, 0.1) is 0 Å². The maximum Gasteiger partial charge on any atom is 0.232 e. The zero-order chi connectivity index (χ0) is 17.9. The van der Waals surface area contributed by atoms with Crippen LogP contribution in [0.5, 0.6) is 0 Å². The summed E-state index contributed by atoms with van der Waals surface area (Å²) >= 11 is 3.49. The molecule has 0 saturated heterocycles. The van der Waals surface area contributed by atoms with Crippen LogP contribution in [-0.4, -0.2) is 22.3 Å². The lowest BCUT2D eigenvalue weighted by Crippen LogP contribution is -2.50. The van der Waals surface area contributed by atoms with E-state index in [1.807, 2.05) is 49.4 Å². The third-order valence-electron chi connectivity index (χ3n) is 4.52. The minimum atomic E-state index is -0.448. The van der Waals surface area contributed by atoms with Crippen molar-refractivity contribution in [2.75, 3.05) is 0 Å². The zero-order valence-electron chi connectivity index (χ0n) is 14.3. The predicted octanol–water partition coefficient (Wildman–Crippen LogP) is 3.89. The molecule has 0 aliphatic carbocycles. The topological polar surface area (TPSA) is 58.7 Å². The summed E-state index contributed by atoms with van der Waals surface area (Å²) < 4.78 is 1.06. The summed E-state index contributed by atoms with van der Waals surface area (Å²) in [6.45, 7) is 2.48. The molecule has 0 fully saturated rings. The van der Waals surface area contributed by atoms with Crippen LogP contribution in [-0.2, 0) is 17.8 Å². The van der Waals surface area contributed by atoms with Crippen molar-refractivity contribution in [3.63, 3.8) is 0 Å². The van der Waals surface area contributed by atoms with Gasteiger partial charge in [0, 0.05) is 4.47 Å². The van der Waals surface area contributed by atoms with Crippen molar-refractivity contribution < 1.29 is 4.79 Å². The minimum absolute atomic E-state index is 0.0353. The molecule has 2 N–H and O–H groups in total. The molecule has 2 aromatic carbocycles. The molecular formula is C20H22BrN3O. The van der Waals surface area contributed by atoms with E-state index in [0.29, 0.717) is 18.9 Å². The summed E-state index contributed by atoms with van der Waals surface area (Å²) in [7, 11) is 0. The smallest absolute Gasteiger partial charge is 0.232 e. The second-order valence-corrected chi connectivity index (χ2v) is 7.65. The quantitative estimate of drug-likeness (QED) is 0.828. The third kappa shape index (κ3) is 4.48. The van der Waals surface area contributed by atoms with Gasteiger partial charge >= 0.3 is 0 Å². The van der Waals surface area contributed by atoms with Crippen molar-refractivity contribution in [1.82, 2.24) is 4.90 Å². The number of rotatable bonds is 5. The first-order chi connectivity index (χ1) is 12.0. The van der Waals surface area contributed by atoms with Crippen molar-refractivity contribution in [3.05, 3.63) is 70.2 Å². The Bertz CT molecular complexity index is 791. The first kappa shape index (κ1) is 17.7. The van der Waals surface area contributed by atoms with E-state index < -0.39 is 5.54 Å². The fourth-order valence-corrected chi connectivity index (χ4v) is 3.56. The Labute approximate surface area is 156 Å². The molecule has 1 heterocycles. The van der Waals surface area contributed by atoms with Crippen LogP contribution in [0.25, 0.3) is 0 Å². The van der Waals surface area contributed by atoms with E-state index in [-0.39, 0.29) is 5.91 Å².